The summed E-state index contributed by atoms with van der Waals surface area (Å²) in [6.45, 7) is 5.24. The van der Waals surface area contributed by atoms with Gasteiger partial charge in [-0.3, -0.25) is 4.79 Å². The Morgan fingerprint density at radius 3 is 2.16 bits per heavy atom. The largest absolute Gasteiger partial charge is 0.481 e. The molecule has 0 aromatic carbocycles. The summed E-state index contributed by atoms with van der Waals surface area (Å²) in [6.07, 6.45) is 10.4. The van der Waals surface area contributed by atoms with Gasteiger partial charge in [-0.25, -0.2) is 0 Å². The Balaban J connectivity index is 1.97. The third kappa shape index (κ3) is 3.95. The minimum atomic E-state index is -0.554. The van der Waals surface area contributed by atoms with E-state index in [0.29, 0.717) is 5.92 Å². The van der Waals surface area contributed by atoms with Gasteiger partial charge in [0.25, 0.3) is 0 Å². The normalized spacial score (nSPS) is 34.5. The van der Waals surface area contributed by atoms with Crippen molar-refractivity contribution in [2.24, 2.45) is 11.3 Å². The van der Waals surface area contributed by atoms with Gasteiger partial charge in [-0.2, -0.15) is 0 Å². The molecule has 3 nitrogen and oxygen atoms in total. The molecule has 1 heterocycles. The van der Waals surface area contributed by atoms with Gasteiger partial charge in [0.15, 0.2) is 0 Å². The van der Waals surface area contributed by atoms with E-state index < -0.39 is 11.4 Å². The van der Waals surface area contributed by atoms with Crippen LogP contribution in [0.4, 0.5) is 0 Å². The topological polar surface area (TPSA) is 40.5 Å². The van der Waals surface area contributed by atoms with Crippen molar-refractivity contribution in [2.45, 2.75) is 64.7 Å². The van der Waals surface area contributed by atoms with E-state index in [-0.39, 0.29) is 0 Å². The van der Waals surface area contributed by atoms with Gasteiger partial charge >= 0.3 is 5.97 Å². The molecule has 1 aliphatic carbocycles. The van der Waals surface area contributed by atoms with Gasteiger partial charge in [0.2, 0.25) is 0 Å². The highest BCUT2D eigenvalue weighted by atomic mass is 16.4. The van der Waals surface area contributed by atoms with Crippen LogP contribution in [0, 0.1) is 11.3 Å². The summed E-state index contributed by atoms with van der Waals surface area (Å²) in [4.78, 5) is 14.2. The zero-order chi connectivity index (χ0) is 13.7. The lowest BCUT2D eigenvalue weighted by atomic mass is 9.70. The van der Waals surface area contributed by atoms with Crippen LogP contribution in [0.15, 0.2) is 0 Å². The van der Waals surface area contributed by atoms with E-state index in [1.54, 1.807) is 0 Å². The third-order valence-electron chi connectivity index (χ3n) is 5.16. The Morgan fingerprint density at radius 2 is 1.63 bits per heavy atom. The number of hydrogen-bond acceptors (Lipinski definition) is 2. The number of carboxylic acids is 1. The second-order valence-electron chi connectivity index (χ2n) is 6.81. The first-order chi connectivity index (χ1) is 9.12. The maximum Gasteiger partial charge on any atom is 0.310 e. The van der Waals surface area contributed by atoms with Crippen LogP contribution < -0.4 is 0 Å². The van der Waals surface area contributed by atoms with Crippen molar-refractivity contribution in [3.05, 3.63) is 0 Å². The molecule has 1 saturated carbocycles. The lowest BCUT2D eigenvalue weighted by Gasteiger charge is -2.40. The summed E-state index contributed by atoms with van der Waals surface area (Å²) >= 11 is 0. The van der Waals surface area contributed by atoms with Crippen LogP contribution in [0.5, 0.6) is 0 Å². The van der Waals surface area contributed by atoms with E-state index in [9.17, 15) is 9.90 Å². The van der Waals surface area contributed by atoms with Gasteiger partial charge < -0.3 is 10.0 Å². The summed E-state index contributed by atoms with van der Waals surface area (Å²) < 4.78 is 0. The first-order valence-corrected chi connectivity index (χ1v) is 8.08. The molecule has 1 aliphatic heterocycles. The lowest BCUT2D eigenvalue weighted by molar-refractivity contribution is -0.153. The Hall–Kier alpha value is -0.570. The van der Waals surface area contributed by atoms with Crippen molar-refractivity contribution in [2.75, 3.05) is 19.6 Å². The fraction of sp³-hybridized carbons (Fsp3) is 0.938. The predicted octanol–water partition coefficient (Wildman–Crippen LogP) is 3.53. The molecule has 110 valence electrons. The van der Waals surface area contributed by atoms with Crippen LogP contribution in [-0.4, -0.2) is 35.6 Å². The average Bonchev–Trinajstić information content (AvgIpc) is 2.35. The van der Waals surface area contributed by atoms with E-state index in [4.69, 9.17) is 0 Å². The predicted molar refractivity (Wildman–Crippen MR) is 77.2 cm³/mol. The number of carboxylic acid groups (broad SMARTS) is 1. The molecule has 0 aromatic rings. The Bertz CT molecular complexity index is 287. The van der Waals surface area contributed by atoms with E-state index in [0.717, 1.165) is 45.3 Å². The van der Waals surface area contributed by atoms with Crippen molar-refractivity contribution >= 4 is 5.97 Å². The molecule has 0 unspecified atom stereocenters. The van der Waals surface area contributed by atoms with Crippen LogP contribution in [0.2, 0.25) is 0 Å². The molecule has 0 bridgehead atoms. The Kier molecular flexibility index (Phi) is 5.26. The molecule has 0 aromatic heterocycles. The molecule has 1 N–H and O–H groups in total. The molecule has 0 radical (unpaired) electrons. The maximum absolute atomic E-state index is 11.8. The van der Waals surface area contributed by atoms with Crippen molar-refractivity contribution in [1.29, 1.82) is 0 Å². The number of nitrogens with zero attached hydrogens (tertiary/aromatic N) is 1. The first kappa shape index (κ1) is 14.8. The molecule has 19 heavy (non-hydrogen) atoms. The van der Waals surface area contributed by atoms with Gasteiger partial charge in [0, 0.05) is 6.54 Å². The molecule has 0 amide bonds. The fourth-order valence-corrected chi connectivity index (χ4v) is 3.65. The molecule has 2 aliphatic rings. The van der Waals surface area contributed by atoms with E-state index in [2.05, 4.69) is 11.8 Å². The van der Waals surface area contributed by atoms with Gasteiger partial charge in [-0.1, -0.05) is 26.2 Å². The summed E-state index contributed by atoms with van der Waals surface area (Å²) in [7, 11) is 0. The summed E-state index contributed by atoms with van der Waals surface area (Å²) in [5.41, 5.74) is -0.453. The van der Waals surface area contributed by atoms with Crippen molar-refractivity contribution in [3.8, 4) is 0 Å². The van der Waals surface area contributed by atoms with Gasteiger partial charge in [-0.05, 0) is 57.5 Å². The van der Waals surface area contributed by atoms with Crippen LogP contribution >= 0.6 is 0 Å². The fourth-order valence-electron chi connectivity index (χ4n) is 3.65. The molecule has 0 atom stereocenters. The second-order valence-corrected chi connectivity index (χ2v) is 6.81. The zero-order valence-corrected chi connectivity index (χ0v) is 12.4. The van der Waals surface area contributed by atoms with Crippen LogP contribution in [-0.2, 0) is 4.79 Å². The van der Waals surface area contributed by atoms with Gasteiger partial charge in [0.05, 0.1) is 5.41 Å². The van der Waals surface area contributed by atoms with Crippen molar-refractivity contribution < 1.29 is 9.90 Å². The SMILES string of the molecule is CC1CCC(CN2CCCCCCC2)(C(=O)O)CC1. The number of rotatable bonds is 3. The van der Waals surface area contributed by atoms with E-state index >= 15 is 0 Å². The monoisotopic (exact) mass is 267 g/mol. The summed E-state index contributed by atoms with van der Waals surface area (Å²) in [5.74, 6) is 0.154. The van der Waals surface area contributed by atoms with Crippen LogP contribution in [0.3, 0.4) is 0 Å². The quantitative estimate of drug-likeness (QED) is 0.850. The highest BCUT2D eigenvalue weighted by molar-refractivity contribution is 5.75. The van der Waals surface area contributed by atoms with Gasteiger partial charge in [-0.15, -0.1) is 0 Å². The van der Waals surface area contributed by atoms with Crippen LogP contribution in [0.25, 0.3) is 0 Å². The number of likely N-dealkylation sites (tertiary alicyclic amines) is 1. The Labute approximate surface area is 117 Å². The molecular weight excluding hydrogens is 238 g/mol. The first-order valence-electron chi connectivity index (χ1n) is 8.08. The molecule has 0 spiro atoms. The van der Waals surface area contributed by atoms with Crippen molar-refractivity contribution in [3.63, 3.8) is 0 Å². The highest BCUT2D eigenvalue weighted by Crippen LogP contribution is 2.40. The van der Waals surface area contributed by atoms with Crippen molar-refractivity contribution in [1.82, 2.24) is 4.90 Å². The van der Waals surface area contributed by atoms with E-state index in [1.807, 2.05) is 0 Å². The molecule has 2 rings (SSSR count). The summed E-state index contributed by atoms with van der Waals surface area (Å²) in [5, 5.41) is 9.70. The smallest absolute Gasteiger partial charge is 0.310 e. The Morgan fingerprint density at radius 1 is 1.11 bits per heavy atom. The molecule has 3 heteroatoms. The lowest BCUT2D eigenvalue weighted by Crippen LogP contribution is -2.46. The average molecular weight is 267 g/mol. The zero-order valence-electron chi connectivity index (χ0n) is 12.4. The van der Waals surface area contributed by atoms with E-state index in [1.165, 1.54) is 32.1 Å². The molecular formula is C16H29NO2. The highest BCUT2D eigenvalue weighted by Gasteiger charge is 2.42. The molecule has 2 fully saturated rings. The maximum atomic E-state index is 11.8. The number of aliphatic carboxylic acids is 1. The minimum Gasteiger partial charge on any atom is -0.481 e. The second kappa shape index (κ2) is 6.74. The number of hydrogen-bond donors (Lipinski definition) is 1. The third-order valence-corrected chi connectivity index (χ3v) is 5.16. The van der Waals surface area contributed by atoms with Crippen LogP contribution in [0.1, 0.15) is 64.7 Å². The standard InChI is InChI=1S/C16H29NO2/c1-14-7-9-16(10-8-14,15(18)19)13-17-11-5-3-2-4-6-12-17/h14H,2-13H2,1H3,(H,18,19). The number of carbonyl (C=O) groups is 1. The molecule has 1 saturated heterocycles. The van der Waals surface area contributed by atoms with Gasteiger partial charge in [0.1, 0.15) is 0 Å². The summed E-state index contributed by atoms with van der Waals surface area (Å²) in [6, 6.07) is 0. The minimum absolute atomic E-state index is 0.453.